The summed E-state index contributed by atoms with van der Waals surface area (Å²) in [4.78, 5) is 12.1. The van der Waals surface area contributed by atoms with E-state index in [9.17, 15) is 4.79 Å². The molecule has 1 aromatic rings. The molecule has 19 heavy (non-hydrogen) atoms. The maximum Gasteiger partial charge on any atom is 0.251 e. The Balaban J connectivity index is 1.99. The maximum atomic E-state index is 12.1. The largest absolute Gasteiger partial charge is 0.349 e. The average molecular weight is 260 g/mol. The molecular formula is C16H24N2O. The second kappa shape index (κ2) is 5.74. The van der Waals surface area contributed by atoms with Gasteiger partial charge in [-0.3, -0.25) is 4.79 Å². The van der Waals surface area contributed by atoms with E-state index in [1.165, 1.54) is 19.3 Å². The van der Waals surface area contributed by atoms with Crippen molar-refractivity contribution in [2.45, 2.75) is 57.5 Å². The van der Waals surface area contributed by atoms with Crippen LogP contribution in [0, 0.1) is 0 Å². The minimum atomic E-state index is -0.363. The quantitative estimate of drug-likeness (QED) is 0.878. The van der Waals surface area contributed by atoms with Crippen LogP contribution < -0.4 is 11.1 Å². The molecule has 1 saturated carbocycles. The third-order valence-electron chi connectivity index (χ3n) is 3.83. The first kappa shape index (κ1) is 14.1. The normalized spacial score (nSPS) is 17.2. The second-order valence-electron chi connectivity index (χ2n) is 6.11. The zero-order valence-electron chi connectivity index (χ0n) is 11.9. The van der Waals surface area contributed by atoms with Gasteiger partial charge in [-0.25, -0.2) is 0 Å². The third-order valence-corrected chi connectivity index (χ3v) is 3.83. The van der Waals surface area contributed by atoms with E-state index in [4.69, 9.17) is 5.73 Å². The van der Waals surface area contributed by atoms with Crippen molar-refractivity contribution in [1.29, 1.82) is 0 Å². The number of nitrogens with two attached hydrogens (primary N) is 1. The molecule has 104 valence electrons. The summed E-state index contributed by atoms with van der Waals surface area (Å²) >= 11 is 0. The van der Waals surface area contributed by atoms with E-state index in [0.29, 0.717) is 6.04 Å². The third kappa shape index (κ3) is 3.80. The number of benzene rings is 1. The van der Waals surface area contributed by atoms with Crippen LogP contribution in [-0.4, -0.2) is 11.9 Å². The van der Waals surface area contributed by atoms with E-state index in [-0.39, 0.29) is 11.4 Å². The summed E-state index contributed by atoms with van der Waals surface area (Å²) in [5, 5.41) is 3.12. The zero-order valence-corrected chi connectivity index (χ0v) is 11.9. The first-order valence-electron chi connectivity index (χ1n) is 7.17. The van der Waals surface area contributed by atoms with Crippen LogP contribution in [0.25, 0.3) is 0 Å². The molecule has 1 fully saturated rings. The number of hydrogen-bond donors (Lipinski definition) is 2. The van der Waals surface area contributed by atoms with Gasteiger partial charge in [0.05, 0.1) is 0 Å². The standard InChI is InChI=1S/C16H24N2O/c1-16(2,17)13-10-8-12(9-11-13)15(19)18-14-6-4-3-5-7-14/h8-11,14H,3-7,17H2,1-2H3,(H,18,19). The molecule has 3 N–H and O–H groups in total. The van der Waals surface area contributed by atoms with Gasteiger partial charge in [0, 0.05) is 17.1 Å². The summed E-state index contributed by atoms with van der Waals surface area (Å²) in [5.41, 5.74) is 7.43. The van der Waals surface area contributed by atoms with Crippen LogP contribution in [0.2, 0.25) is 0 Å². The fourth-order valence-corrected chi connectivity index (χ4v) is 2.57. The SMILES string of the molecule is CC(C)(N)c1ccc(C(=O)NC2CCCCC2)cc1. The first-order chi connectivity index (χ1) is 8.97. The van der Waals surface area contributed by atoms with Crippen LogP contribution in [0.15, 0.2) is 24.3 Å². The highest BCUT2D eigenvalue weighted by Gasteiger charge is 2.18. The topological polar surface area (TPSA) is 55.1 Å². The molecule has 0 atom stereocenters. The molecule has 0 aromatic heterocycles. The average Bonchev–Trinajstić information content (AvgIpc) is 2.39. The van der Waals surface area contributed by atoms with E-state index in [0.717, 1.165) is 24.0 Å². The lowest BCUT2D eigenvalue weighted by atomic mass is 9.94. The van der Waals surface area contributed by atoms with Crippen molar-refractivity contribution in [3.63, 3.8) is 0 Å². The Morgan fingerprint density at radius 1 is 1.16 bits per heavy atom. The molecule has 0 radical (unpaired) electrons. The monoisotopic (exact) mass is 260 g/mol. The van der Waals surface area contributed by atoms with Crippen molar-refractivity contribution >= 4 is 5.91 Å². The fourth-order valence-electron chi connectivity index (χ4n) is 2.57. The molecule has 1 aliphatic rings. The van der Waals surface area contributed by atoms with Gasteiger partial charge in [0.1, 0.15) is 0 Å². The number of carbonyl (C=O) groups is 1. The molecule has 1 aliphatic carbocycles. The predicted molar refractivity (Wildman–Crippen MR) is 78.0 cm³/mol. The minimum absolute atomic E-state index is 0.0354. The summed E-state index contributed by atoms with van der Waals surface area (Å²) in [5.74, 6) is 0.0354. The first-order valence-corrected chi connectivity index (χ1v) is 7.17. The van der Waals surface area contributed by atoms with Crippen LogP contribution in [0.4, 0.5) is 0 Å². The van der Waals surface area contributed by atoms with Gasteiger partial charge in [0.15, 0.2) is 0 Å². The van der Waals surface area contributed by atoms with E-state index in [2.05, 4.69) is 5.32 Å². The summed E-state index contributed by atoms with van der Waals surface area (Å²) in [6.45, 7) is 3.92. The lowest BCUT2D eigenvalue weighted by Gasteiger charge is -2.23. The molecule has 0 heterocycles. The van der Waals surface area contributed by atoms with Gasteiger partial charge < -0.3 is 11.1 Å². The molecule has 3 nitrogen and oxygen atoms in total. The van der Waals surface area contributed by atoms with Gasteiger partial charge in [-0.05, 0) is 44.4 Å². The Morgan fingerprint density at radius 2 is 1.74 bits per heavy atom. The molecule has 1 amide bonds. The van der Waals surface area contributed by atoms with Crippen molar-refractivity contribution < 1.29 is 4.79 Å². The summed E-state index contributed by atoms with van der Waals surface area (Å²) in [6.07, 6.45) is 5.97. The van der Waals surface area contributed by atoms with Crippen molar-refractivity contribution in [1.82, 2.24) is 5.32 Å². The molecule has 0 spiro atoms. The number of rotatable bonds is 3. The van der Waals surface area contributed by atoms with Gasteiger partial charge in [0.25, 0.3) is 5.91 Å². The van der Waals surface area contributed by atoms with Gasteiger partial charge in [-0.15, -0.1) is 0 Å². The van der Waals surface area contributed by atoms with Crippen LogP contribution in [0.1, 0.15) is 61.9 Å². The predicted octanol–water partition coefficient (Wildman–Crippen LogP) is 2.94. The van der Waals surface area contributed by atoms with Crippen molar-refractivity contribution in [3.05, 3.63) is 35.4 Å². The van der Waals surface area contributed by atoms with E-state index >= 15 is 0 Å². The van der Waals surface area contributed by atoms with Crippen molar-refractivity contribution in [3.8, 4) is 0 Å². The molecule has 0 saturated heterocycles. The lowest BCUT2D eigenvalue weighted by Crippen LogP contribution is -2.36. The highest BCUT2D eigenvalue weighted by atomic mass is 16.1. The maximum absolute atomic E-state index is 12.1. The summed E-state index contributed by atoms with van der Waals surface area (Å²) < 4.78 is 0. The number of amides is 1. The van der Waals surface area contributed by atoms with Crippen molar-refractivity contribution in [2.75, 3.05) is 0 Å². The van der Waals surface area contributed by atoms with Crippen LogP contribution in [0.5, 0.6) is 0 Å². The Morgan fingerprint density at radius 3 is 2.26 bits per heavy atom. The van der Waals surface area contributed by atoms with Gasteiger partial charge in [0.2, 0.25) is 0 Å². The number of hydrogen-bond acceptors (Lipinski definition) is 2. The fraction of sp³-hybridized carbons (Fsp3) is 0.562. The van der Waals surface area contributed by atoms with Gasteiger partial charge in [-0.2, -0.15) is 0 Å². The minimum Gasteiger partial charge on any atom is -0.349 e. The number of nitrogens with one attached hydrogen (secondary N) is 1. The zero-order chi connectivity index (χ0) is 13.9. The summed E-state index contributed by atoms with van der Waals surface area (Å²) in [7, 11) is 0. The number of carbonyl (C=O) groups excluding carboxylic acids is 1. The lowest BCUT2D eigenvalue weighted by molar-refractivity contribution is 0.0927. The van der Waals surface area contributed by atoms with Crippen molar-refractivity contribution in [2.24, 2.45) is 5.73 Å². The molecule has 0 bridgehead atoms. The van der Waals surface area contributed by atoms with Crippen LogP contribution in [0.3, 0.4) is 0 Å². The van der Waals surface area contributed by atoms with Gasteiger partial charge >= 0.3 is 0 Å². The van der Waals surface area contributed by atoms with E-state index in [1.807, 2.05) is 38.1 Å². The Bertz CT molecular complexity index is 425. The molecule has 3 heteroatoms. The Hall–Kier alpha value is -1.35. The molecule has 0 unspecified atom stereocenters. The highest BCUT2D eigenvalue weighted by Crippen LogP contribution is 2.19. The van der Waals surface area contributed by atoms with E-state index < -0.39 is 0 Å². The van der Waals surface area contributed by atoms with Crippen LogP contribution in [-0.2, 0) is 5.54 Å². The van der Waals surface area contributed by atoms with E-state index in [1.54, 1.807) is 0 Å². The summed E-state index contributed by atoms with van der Waals surface area (Å²) in [6, 6.07) is 7.96. The smallest absolute Gasteiger partial charge is 0.251 e. The highest BCUT2D eigenvalue weighted by molar-refractivity contribution is 5.94. The molecule has 2 rings (SSSR count). The molecule has 0 aliphatic heterocycles. The molecular weight excluding hydrogens is 236 g/mol. The van der Waals surface area contributed by atoms with Gasteiger partial charge in [-0.1, -0.05) is 31.4 Å². The second-order valence-corrected chi connectivity index (χ2v) is 6.11. The van der Waals surface area contributed by atoms with Crippen LogP contribution >= 0.6 is 0 Å². The Labute approximate surface area is 115 Å². The Kier molecular flexibility index (Phi) is 4.25. The molecule has 1 aromatic carbocycles.